The van der Waals surface area contributed by atoms with Gasteiger partial charge in [-0.05, 0) is 20.3 Å². The summed E-state index contributed by atoms with van der Waals surface area (Å²) in [5, 5.41) is 0. The van der Waals surface area contributed by atoms with E-state index in [0.717, 1.165) is 0 Å². The molecule has 0 radical (unpaired) electrons. The third-order valence-corrected chi connectivity index (χ3v) is 3.65. The van der Waals surface area contributed by atoms with Crippen molar-refractivity contribution in [3.63, 3.8) is 0 Å². The van der Waals surface area contributed by atoms with Crippen LogP contribution in [0.25, 0.3) is 0 Å². The lowest BCUT2D eigenvalue weighted by molar-refractivity contribution is -0.144. The number of carbonyl (C=O) groups excluding carboxylic acids is 1. The van der Waals surface area contributed by atoms with Crippen LogP contribution in [0.5, 0.6) is 23.0 Å². The van der Waals surface area contributed by atoms with Crippen LogP contribution >= 0.6 is 0 Å². The molecule has 8 heteroatoms. The molecule has 0 atom stereocenters. The molecule has 0 amide bonds. The fourth-order valence-electron chi connectivity index (χ4n) is 1.69. The van der Waals surface area contributed by atoms with E-state index in [9.17, 15) is 4.79 Å². The fraction of sp³-hybridized carbons (Fsp3) is 0.611. The lowest BCUT2D eigenvalue weighted by atomic mass is 9.91. The molecule has 0 spiro atoms. The summed E-state index contributed by atoms with van der Waals surface area (Å²) in [6.45, 7) is 5.51. The summed E-state index contributed by atoms with van der Waals surface area (Å²) in [7, 11) is 4.49. The highest BCUT2D eigenvalue weighted by Gasteiger charge is 2.29. The van der Waals surface area contributed by atoms with Crippen LogP contribution in [0, 0.1) is 5.41 Å². The second kappa shape index (κ2) is 10.8. The lowest BCUT2D eigenvalue weighted by Crippen LogP contribution is -2.28. The highest BCUT2D eigenvalue weighted by molar-refractivity contribution is 5.79. The standard InChI is InChI=1S/C18H28O8/c1-7-18(2,3)17(19)26-16-9-14(24-11-21-5)13(23-10-20-4)8-15(16)25-12-22-6/h8-9H,7,10-12H2,1-6H3. The minimum Gasteiger partial charge on any atom is -0.464 e. The largest absolute Gasteiger partial charge is 0.464 e. The first kappa shape index (κ1) is 22.0. The van der Waals surface area contributed by atoms with Crippen LogP contribution in [-0.4, -0.2) is 47.7 Å². The Morgan fingerprint density at radius 1 is 0.808 bits per heavy atom. The van der Waals surface area contributed by atoms with Crippen LogP contribution in [0.3, 0.4) is 0 Å². The second-order valence-corrected chi connectivity index (χ2v) is 6.03. The van der Waals surface area contributed by atoms with E-state index in [1.807, 2.05) is 20.8 Å². The van der Waals surface area contributed by atoms with Crippen LogP contribution in [0.4, 0.5) is 0 Å². The van der Waals surface area contributed by atoms with Gasteiger partial charge in [-0.3, -0.25) is 4.79 Å². The molecule has 1 aromatic rings. The number of rotatable bonds is 12. The Balaban J connectivity index is 3.23. The van der Waals surface area contributed by atoms with E-state index < -0.39 is 5.41 Å². The molecule has 1 rings (SSSR count). The Morgan fingerprint density at radius 2 is 1.19 bits per heavy atom. The molecule has 0 aromatic heterocycles. The van der Waals surface area contributed by atoms with Gasteiger partial charge in [0, 0.05) is 33.5 Å². The van der Waals surface area contributed by atoms with Crippen molar-refractivity contribution in [1.82, 2.24) is 0 Å². The van der Waals surface area contributed by atoms with Gasteiger partial charge in [0.05, 0.1) is 5.41 Å². The summed E-state index contributed by atoms with van der Waals surface area (Å²) < 4.78 is 36.8. The van der Waals surface area contributed by atoms with Gasteiger partial charge in [0.2, 0.25) is 0 Å². The molecule has 0 heterocycles. The highest BCUT2D eigenvalue weighted by Crippen LogP contribution is 2.41. The predicted molar refractivity (Wildman–Crippen MR) is 93.7 cm³/mol. The van der Waals surface area contributed by atoms with E-state index in [-0.39, 0.29) is 37.8 Å². The molecule has 0 N–H and O–H groups in total. The molecular formula is C18H28O8. The number of carbonyl (C=O) groups is 1. The Labute approximate surface area is 154 Å². The smallest absolute Gasteiger partial charge is 0.317 e. The lowest BCUT2D eigenvalue weighted by Gasteiger charge is -2.22. The number of methoxy groups -OCH3 is 3. The number of hydrogen-bond donors (Lipinski definition) is 0. The maximum atomic E-state index is 12.4. The molecule has 0 saturated carbocycles. The molecule has 0 unspecified atom stereocenters. The van der Waals surface area contributed by atoms with Crippen molar-refractivity contribution >= 4 is 5.97 Å². The monoisotopic (exact) mass is 372 g/mol. The fourth-order valence-corrected chi connectivity index (χ4v) is 1.69. The SMILES string of the molecule is CCC(C)(C)C(=O)Oc1cc(OCOC)c(OCOC)cc1OCOC. The first-order chi connectivity index (χ1) is 12.4. The average molecular weight is 372 g/mol. The zero-order valence-electron chi connectivity index (χ0n) is 16.2. The molecule has 26 heavy (non-hydrogen) atoms. The van der Waals surface area contributed by atoms with Crippen molar-refractivity contribution in [2.24, 2.45) is 5.41 Å². The van der Waals surface area contributed by atoms with Crippen molar-refractivity contribution in [3.8, 4) is 23.0 Å². The number of esters is 1. The second-order valence-electron chi connectivity index (χ2n) is 6.03. The average Bonchev–Trinajstić information content (AvgIpc) is 2.63. The third-order valence-electron chi connectivity index (χ3n) is 3.65. The molecule has 1 aromatic carbocycles. The van der Waals surface area contributed by atoms with E-state index in [0.29, 0.717) is 17.9 Å². The van der Waals surface area contributed by atoms with Crippen LogP contribution in [0.1, 0.15) is 27.2 Å². The normalized spacial score (nSPS) is 11.2. The van der Waals surface area contributed by atoms with Crippen LogP contribution in [0.2, 0.25) is 0 Å². The summed E-state index contributed by atoms with van der Waals surface area (Å²) in [6, 6.07) is 3.06. The molecule has 148 valence electrons. The molecule has 0 bridgehead atoms. The summed E-state index contributed by atoms with van der Waals surface area (Å²) >= 11 is 0. The molecule has 8 nitrogen and oxygen atoms in total. The maximum Gasteiger partial charge on any atom is 0.317 e. The van der Waals surface area contributed by atoms with Gasteiger partial charge in [0.1, 0.15) is 0 Å². The van der Waals surface area contributed by atoms with E-state index in [4.69, 9.17) is 33.2 Å². The molecule has 0 aliphatic heterocycles. The summed E-state index contributed by atoms with van der Waals surface area (Å²) in [4.78, 5) is 12.4. The van der Waals surface area contributed by atoms with Crippen molar-refractivity contribution < 1.29 is 38.0 Å². The van der Waals surface area contributed by atoms with E-state index in [1.165, 1.54) is 27.4 Å². The minimum atomic E-state index is -0.642. The van der Waals surface area contributed by atoms with E-state index in [2.05, 4.69) is 0 Å². The summed E-state index contributed by atoms with van der Waals surface area (Å²) in [6.07, 6.45) is 0.627. The van der Waals surface area contributed by atoms with Crippen molar-refractivity contribution in [2.75, 3.05) is 41.7 Å². The number of ether oxygens (including phenoxy) is 7. The Bertz CT molecular complexity index is 571. The van der Waals surface area contributed by atoms with Gasteiger partial charge in [-0.2, -0.15) is 0 Å². The first-order valence-corrected chi connectivity index (χ1v) is 8.15. The van der Waals surface area contributed by atoms with E-state index >= 15 is 0 Å². The van der Waals surface area contributed by atoms with Gasteiger partial charge in [-0.25, -0.2) is 0 Å². The minimum absolute atomic E-state index is 0.00451. The zero-order valence-corrected chi connectivity index (χ0v) is 16.2. The topological polar surface area (TPSA) is 81.7 Å². The van der Waals surface area contributed by atoms with Gasteiger partial charge < -0.3 is 33.2 Å². The highest BCUT2D eigenvalue weighted by atomic mass is 16.7. The molecule has 0 saturated heterocycles. The molecule has 0 fully saturated rings. The van der Waals surface area contributed by atoms with Gasteiger partial charge in [-0.15, -0.1) is 0 Å². The Kier molecular flexibility index (Phi) is 9.18. The van der Waals surface area contributed by atoms with Gasteiger partial charge in [0.15, 0.2) is 43.4 Å². The van der Waals surface area contributed by atoms with Crippen molar-refractivity contribution in [2.45, 2.75) is 27.2 Å². The van der Waals surface area contributed by atoms with Gasteiger partial charge in [-0.1, -0.05) is 6.92 Å². The van der Waals surface area contributed by atoms with Crippen molar-refractivity contribution in [3.05, 3.63) is 12.1 Å². The van der Waals surface area contributed by atoms with E-state index in [1.54, 1.807) is 6.07 Å². The molecular weight excluding hydrogens is 344 g/mol. The molecule has 0 aliphatic rings. The third kappa shape index (κ3) is 6.36. The quantitative estimate of drug-likeness (QED) is 0.315. The predicted octanol–water partition coefficient (Wildman–Crippen LogP) is 2.98. The zero-order chi connectivity index (χ0) is 19.6. The summed E-state index contributed by atoms with van der Waals surface area (Å²) in [5.41, 5.74) is -0.642. The number of hydrogen-bond acceptors (Lipinski definition) is 8. The Hall–Kier alpha value is -2.03. The van der Waals surface area contributed by atoms with Gasteiger partial charge >= 0.3 is 5.97 Å². The van der Waals surface area contributed by atoms with Gasteiger partial charge in [0.25, 0.3) is 0 Å². The van der Waals surface area contributed by atoms with Crippen LogP contribution in [0.15, 0.2) is 12.1 Å². The van der Waals surface area contributed by atoms with Crippen molar-refractivity contribution in [1.29, 1.82) is 0 Å². The van der Waals surface area contributed by atoms with Crippen LogP contribution in [-0.2, 0) is 19.0 Å². The first-order valence-electron chi connectivity index (χ1n) is 8.15. The maximum absolute atomic E-state index is 12.4. The van der Waals surface area contributed by atoms with Crippen LogP contribution < -0.4 is 18.9 Å². The Morgan fingerprint density at radius 3 is 1.58 bits per heavy atom. The molecule has 0 aliphatic carbocycles. The summed E-state index contributed by atoms with van der Waals surface area (Å²) in [5.74, 6) is 0.772. The number of benzene rings is 1.